The van der Waals surface area contributed by atoms with Crippen molar-refractivity contribution in [3.05, 3.63) is 48.5 Å². The number of carbonyl (C=O) groups excluding carboxylic acids is 4. The van der Waals surface area contributed by atoms with Crippen molar-refractivity contribution in [3.63, 3.8) is 0 Å². The number of thioether (sulfide) groups is 2. The van der Waals surface area contributed by atoms with Crippen LogP contribution >= 0.6 is 31.8 Å². The Balaban J connectivity index is 1.77. The molecule has 0 aliphatic heterocycles. The van der Waals surface area contributed by atoms with E-state index in [9.17, 15) is 23.7 Å². The second-order valence-corrected chi connectivity index (χ2v) is 13.8. The molecule has 0 saturated carbocycles. The first-order chi connectivity index (χ1) is 21.9. The zero-order valence-electron chi connectivity index (χ0n) is 26.9. The van der Waals surface area contributed by atoms with Gasteiger partial charge >= 0.3 is 20.3 Å². The van der Waals surface area contributed by atoms with E-state index in [0.717, 1.165) is 9.79 Å². The molecule has 46 heavy (non-hydrogen) atoms. The molecule has 0 bridgehead atoms. The molecule has 0 unspecified atom stereocenters. The molecule has 2 rings (SSSR count). The van der Waals surface area contributed by atoms with Gasteiger partial charge in [0.15, 0.2) is 0 Å². The molecule has 16 heteroatoms. The first-order valence-corrected chi connectivity index (χ1v) is 18.4. The van der Waals surface area contributed by atoms with E-state index in [4.69, 9.17) is 9.05 Å². The predicted octanol–water partition coefficient (Wildman–Crippen LogP) is 5.47. The summed E-state index contributed by atoms with van der Waals surface area (Å²) in [6.45, 7) is 6.78. The quantitative estimate of drug-likeness (QED) is 0.0670. The molecule has 0 aliphatic rings. The number of amides is 6. The fourth-order valence-corrected chi connectivity index (χ4v) is 5.31. The summed E-state index contributed by atoms with van der Waals surface area (Å²) < 4.78 is 22.4. The van der Waals surface area contributed by atoms with Crippen LogP contribution in [0.4, 0.5) is 21.0 Å². The highest BCUT2D eigenvalue weighted by molar-refractivity contribution is 7.98. The van der Waals surface area contributed by atoms with Gasteiger partial charge in [-0.15, -0.1) is 23.5 Å². The molecule has 2 aromatic rings. The van der Waals surface area contributed by atoms with Crippen LogP contribution in [0.25, 0.3) is 0 Å². The van der Waals surface area contributed by atoms with E-state index < -0.39 is 57.7 Å². The Morgan fingerprint density at radius 3 is 1.30 bits per heavy atom. The molecule has 0 saturated heterocycles. The van der Waals surface area contributed by atoms with Crippen molar-refractivity contribution in [1.29, 1.82) is 0 Å². The summed E-state index contributed by atoms with van der Waals surface area (Å²) >= 11 is 3.16. The minimum absolute atomic E-state index is 0.0931. The summed E-state index contributed by atoms with van der Waals surface area (Å²) in [6, 6.07) is 11.7. The van der Waals surface area contributed by atoms with Gasteiger partial charge in [0.25, 0.3) is 0 Å². The Kier molecular flexibility index (Phi) is 17.6. The molecule has 6 N–H and O–H groups in total. The third-order valence-electron chi connectivity index (χ3n) is 6.23. The summed E-state index contributed by atoms with van der Waals surface area (Å²) in [7, 11) is -3.10. The molecule has 2 atom stereocenters. The molecule has 2 aromatic carbocycles. The van der Waals surface area contributed by atoms with Gasteiger partial charge in [0.2, 0.25) is 11.8 Å². The van der Waals surface area contributed by atoms with E-state index in [1.165, 1.54) is 0 Å². The van der Waals surface area contributed by atoms with Gasteiger partial charge in [-0.2, -0.15) is 0 Å². The first kappa shape index (κ1) is 39.0. The Morgan fingerprint density at radius 1 is 0.652 bits per heavy atom. The monoisotopic (exact) mass is 696 g/mol. The summed E-state index contributed by atoms with van der Waals surface area (Å²) in [4.78, 5) is 52.7. The molecular weight excluding hydrogens is 651 g/mol. The Bertz CT molecular complexity index is 1200. The third-order valence-corrected chi connectivity index (χ3v) is 8.47. The van der Waals surface area contributed by atoms with E-state index in [0.29, 0.717) is 24.2 Å². The summed E-state index contributed by atoms with van der Waals surface area (Å²) in [6.07, 6.45) is 4.62. The van der Waals surface area contributed by atoms with Crippen molar-refractivity contribution in [1.82, 2.24) is 21.3 Å². The lowest BCUT2D eigenvalue weighted by Crippen LogP contribution is -2.49. The fourth-order valence-electron chi connectivity index (χ4n) is 4.03. The van der Waals surface area contributed by atoms with Crippen molar-refractivity contribution in [2.45, 2.75) is 62.4 Å². The van der Waals surface area contributed by atoms with E-state index in [1.54, 1.807) is 47.8 Å². The maximum absolute atomic E-state index is 12.8. The van der Waals surface area contributed by atoms with Crippen LogP contribution in [-0.2, 0) is 23.2 Å². The average molecular weight is 697 g/mol. The number of hydrogen-bond donors (Lipinski definition) is 6. The van der Waals surface area contributed by atoms with Gasteiger partial charge in [-0.25, -0.2) is 9.59 Å². The number of urea groups is 2. The largest absolute Gasteiger partial charge is 0.331 e. The number of hydrogen-bond acceptors (Lipinski definition) is 9. The lowest BCUT2D eigenvalue weighted by Gasteiger charge is -2.21. The molecule has 0 spiro atoms. The second-order valence-electron chi connectivity index (χ2n) is 10.9. The van der Waals surface area contributed by atoms with E-state index in [2.05, 4.69) is 31.9 Å². The molecule has 6 amide bonds. The molecule has 0 heterocycles. The Hall–Kier alpha value is -3.23. The van der Waals surface area contributed by atoms with Crippen LogP contribution in [0.3, 0.4) is 0 Å². The highest BCUT2D eigenvalue weighted by atomic mass is 32.2. The number of carbonyl (C=O) groups is 4. The molecule has 13 nitrogen and oxygen atoms in total. The van der Waals surface area contributed by atoms with Crippen molar-refractivity contribution >= 4 is 67.0 Å². The normalized spacial score (nSPS) is 12.4. The summed E-state index contributed by atoms with van der Waals surface area (Å²) in [5.74, 6) is -0.859. The van der Waals surface area contributed by atoms with Crippen LogP contribution in [0.1, 0.15) is 40.5 Å². The predicted molar refractivity (Wildman–Crippen MR) is 184 cm³/mol. The minimum atomic E-state index is -3.10. The van der Waals surface area contributed by atoms with Crippen LogP contribution in [0.5, 0.6) is 0 Å². The Morgan fingerprint density at radius 2 is 1.00 bits per heavy atom. The molecule has 0 aliphatic carbocycles. The van der Waals surface area contributed by atoms with E-state index in [1.807, 2.05) is 64.5 Å². The maximum atomic E-state index is 12.8. The lowest BCUT2D eigenvalue weighted by molar-refractivity contribution is -0.124. The average Bonchev–Trinajstić information content (AvgIpc) is 3.00. The topological polar surface area (TPSA) is 176 Å². The standard InChI is InChI=1S/C30H45N6O7PS2/c1-19(2)15-25(35-29(39)33-21-7-11-23(45-5)12-8-21)27(37)31-17-42-44(41)43-18-32-28(38)26(16-20(3)4)36-30(40)34-22-9-13-24(46-6)14-10-22/h7-14,19-20,25-26,44H,15-18H2,1-6H3,(H,31,37)(H,32,38)(H2,33,35,39)(H2,34,36,40)/t25-,26-/m0/s1. The SMILES string of the molecule is CSc1ccc(NC(=O)N[C@@H](CC(C)C)C(=O)NCO[PH](=O)OCNC(=O)[C@H](CC(C)C)NC(=O)Nc2ccc(SC)cc2)cc1. The third kappa shape index (κ3) is 15.4. The minimum Gasteiger partial charge on any atom is -0.331 e. The van der Waals surface area contributed by atoms with Gasteiger partial charge in [0.1, 0.15) is 25.5 Å². The van der Waals surface area contributed by atoms with Gasteiger partial charge in [-0.05, 0) is 85.7 Å². The smallest absolute Gasteiger partial charge is 0.322 e. The number of rotatable bonds is 18. The van der Waals surface area contributed by atoms with Gasteiger partial charge in [-0.1, -0.05) is 27.7 Å². The molecule has 0 aromatic heterocycles. The molecule has 0 radical (unpaired) electrons. The highest BCUT2D eigenvalue weighted by Crippen LogP contribution is 2.22. The summed E-state index contributed by atoms with van der Waals surface area (Å²) in [5, 5.41) is 15.7. The van der Waals surface area contributed by atoms with E-state index in [-0.39, 0.29) is 11.8 Å². The van der Waals surface area contributed by atoms with Crippen molar-refractivity contribution in [3.8, 4) is 0 Å². The van der Waals surface area contributed by atoms with Crippen LogP contribution in [-0.4, -0.2) is 61.9 Å². The van der Waals surface area contributed by atoms with E-state index >= 15 is 0 Å². The second kappa shape index (κ2) is 20.8. The number of anilines is 2. The van der Waals surface area contributed by atoms with Gasteiger partial charge in [0.05, 0.1) is 0 Å². The fraction of sp³-hybridized carbons (Fsp3) is 0.467. The highest BCUT2D eigenvalue weighted by Gasteiger charge is 2.23. The lowest BCUT2D eigenvalue weighted by atomic mass is 10.0. The zero-order chi connectivity index (χ0) is 34.1. The first-order valence-electron chi connectivity index (χ1n) is 14.7. The van der Waals surface area contributed by atoms with Crippen LogP contribution in [0.2, 0.25) is 0 Å². The van der Waals surface area contributed by atoms with Gasteiger partial charge < -0.3 is 31.9 Å². The van der Waals surface area contributed by atoms with Crippen LogP contribution in [0.15, 0.2) is 58.3 Å². The molecule has 254 valence electrons. The van der Waals surface area contributed by atoms with Crippen molar-refractivity contribution in [2.24, 2.45) is 11.8 Å². The van der Waals surface area contributed by atoms with Crippen molar-refractivity contribution in [2.75, 3.05) is 36.6 Å². The Labute approximate surface area is 279 Å². The van der Waals surface area contributed by atoms with Gasteiger partial charge in [0, 0.05) is 21.2 Å². The molecular formula is C30H45N6O7PS2. The maximum Gasteiger partial charge on any atom is 0.322 e. The van der Waals surface area contributed by atoms with Crippen LogP contribution in [0, 0.1) is 11.8 Å². The zero-order valence-corrected chi connectivity index (χ0v) is 29.6. The number of nitrogens with one attached hydrogen (secondary N) is 6. The van der Waals surface area contributed by atoms with Crippen LogP contribution < -0.4 is 31.9 Å². The van der Waals surface area contributed by atoms with Gasteiger partial charge in [-0.3, -0.25) is 23.2 Å². The number of benzene rings is 2. The summed E-state index contributed by atoms with van der Waals surface area (Å²) in [5.41, 5.74) is 1.16. The molecule has 0 fully saturated rings. The van der Waals surface area contributed by atoms with Crippen molar-refractivity contribution < 1.29 is 32.8 Å².